The van der Waals surface area contributed by atoms with Crippen molar-refractivity contribution < 1.29 is 9.53 Å². The van der Waals surface area contributed by atoms with Gasteiger partial charge in [-0.15, -0.1) is 0 Å². The van der Waals surface area contributed by atoms with E-state index in [1.165, 1.54) is 4.68 Å². The zero-order valence-corrected chi connectivity index (χ0v) is 16.4. The number of rotatable bonds is 7. The molecule has 30 heavy (non-hydrogen) atoms. The molecule has 3 heterocycles. The third kappa shape index (κ3) is 3.83. The van der Waals surface area contributed by atoms with Crippen molar-refractivity contribution in [2.24, 2.45) is 5.10 Å². The quantitative estimate of drug-likeness (QED) is 0.361. The molecule has 0 fully saturated rings. The van der Waals surface area contributed by atoms with Crippen molar-refractivity contribution in [2.45, 2.75) is 6.42 Å². The van der Waals surface area contributed by atoms with Crippen molar-refractivity contribution in [1.82, 2.24) is 24.9 Å². The van der Waals surface area contributed by atoms with Crippen molar-refractivity contribution in [3.63, 3.8) is 0 Å². The normalized spacial score (nSPS) is 11.5. The molecule has 1 amide bonds. The van der Waals surface area contributed by atoms with Gasteiger partial charge in [0, 0.05) is 32.7 Å². The van der Waals surface area contributed by atoms with Crippen molar-refractivity contribution in [1.29, 1.82) is 0 Å². The largest absolute Gasteiger partial charge is 0.385 e. The fraction of sp³-hybridized carbons (Fsp3) is 0.190. The molecule has 0 saturated heterocycles. The molecule has 3 N–H and O–H groups in total. The maximum Gasteiger partial charge on any atom is 0.257 e. The Bertz CT molecular complexity index is 1220. The van der Waals surface area contributed by atoms with Crippen LogP contribution >= 0.6 is 0 Å². The highest BCUT2D eigenvalue weighted by molar-refractivity contribution is 6.10. The topological polar surface area (TPSA) is 120 Å². The number of carbonyl (C=O) groups is 1. The van der Waals surface area contributed by atoms with E-state index in [1.54, 1.807) is 25.7 Å². The van der Waals surface area contributed by atoms with Crippen molar-refractivity contribution in [3.05, 3.63) is 59.9 Å². The Morgan fingerprint density at radius 2 is 1.93 bits per heavy atom. The number of amides is 1. The molecule has 0 saturated carbocycles. The predicted octanol–water partition coefficient (Wildman–Crippen LogP) is 2.21. The number of benzene rings is 1. The number of methoxy groups -OCH3 is 1. The van der Waals surface area contributed by atoms with Crippen LogP contribution in [-0.4, -0.2) is 52.0 Å². The van der Waals surface area contributed by atoms with E-state index in [0.29, 0.717) is 41.8 Å². The first kappa shape index (κ1) is 19.5. The minimum atomic E-state index is -0.323. The van der Waals surface area contributed by atoms with E-state index in [1.807, 2.05) is 36.4 Å². The van der Waals surface area contributed by atoms with Crippen LogP contribution < -0.4 is 11.1 Å². The molecule has 4 rings (SSSR count). The Labute approximate surface area is 172 Å². The Hall–Kier alpha value is -3.85. The lowest BCUT2D eigenvalue weighted by atomic mass is 10.2. The highest BCUT2D eigenvalue weighted by Crippen LogP contribution is 2.27. The Morgan fingerprint density at radius 3 is 2.67 bits per heavy atom. The number of nitrogens with one attached hydrogen (secondary N) is 1. The number of para-hydroxylation sites is 2. The summed E-state index contributed by atoms with van der Waals surface area (Å²) in [7, 11) is 1.62. The fourth-order valence-corrected chi connectivity index (χ4v) is 3.07. The van der Waals surface area contributed by atoms with Gasteiger partial charge in [0.25, 0.3) is 5.91 Å². The molecule has 3 aromatic heterocycles. The van der Waals surface area contributed by atoms with Gasteiger partial charge in [-0.05, 0) is 36.2 Å². The number of ether oxygens (including phenoxy) is 1. The van der Waals surface area contributed by atoms with Crippen LogP contribution in [0.2, 0.25) is 0 Å². The van der Waals surface area contributed by atoms with Gasteiger partial charge in [-0.2, -0.15) is 9.78 Å². The van der Waals surface area contributed by atoms with Crippen LogP contribution in [0.5, 0.6) is 0 Å². The zero-order chi connectivity index (χ0) is 20.9. The van der Waals surface area contributed by atoms with E-state index in [-0.39, 0.29) is 17.3 Å². The third-order valence-corrected chi connectivity index (χ3v) is 4.54. The summed E-state index contributed by atoms with van der Waals surface area (Å²) >= 11 is 0. The molecule has 4 aromatic rings. The number of nitrogens with zero attached hydrogens (tertiary/aromatic N) is 5. The summed E-state index contributed by atoms with van der Waals surface area (Å²) in [6.07, 6.45) is 5.67. The van der Waals surface area contributed by atoms with Crippen LogP contribution in [0, 0.1) is 0 Å². The molecule has 0 radical (unpaired) electrons. The average molecular weight is 403 g/mol. The first-order valence-electron chi connectivity index (χ1n) is 9.47. The summed E-state index contributed by atoms with van der Waals surface area (Å²) in [4.78, 5) is 26.2. The number of pyridine rings is 1. The van der Waals surface area contributed by atoms with Crippen LogP contribution in [0.25, 0.3) is 22.2 Å². The SMILES string of the molecule is COCCCNC(=O)c1c(N)n(/N=C\c2ccncc2)c2nc3ccccc3nc12. The van der Waals surface area contributed by atoms with Crippen molar-refractivity contribution >= 4 is 40.1 Å². The number of anilines is 1. The van der Waals surface area contributed by atoms with Gasteiger partial charge in [0.15, 0.2) is 5.65 Å². The van der Waals surface area contributed by atoms with Crippen LogP contribution in [0.4, 0.5) is 5.82 Å². The zero-order valence-electron chi connectivity index (χ0n) is 16.4. The van der Waals surface area contributed by atoms with E-state index in [4.69, 9.17) is 10.5 Å². The Kier molecular flexibility index (Phi) is 5.62. The van der Waals surface area contributed by atoms with E-state index in [9.17, 15) is 4.79 Å². The van der Waals surface area contributed by atoms with Crippen LogP contribution in [-0.2, 0) is 4.74 Å². The molecule has 0 spiro atoms. The molecule has 152 valence electrons. The molecule has 0 aliphatic heterocycles. The number of hydrogen-bond acceptors (Lipinski definition) is 7. The molecule has 9 nitrogen and oxygen atoms in total. The third-order valence-electron chi connectivity index (χ3n) is 4.54. The maximum atomic E-state index is 12.9. The second-order valence-corrected chi connectivity index (χ2v) is 6.58. The van der Waals surface area contributed by atoms with E-state index >= 15 is 0 Å². The smallest absolute Gasteiger partial charge is 0.257 e. The van der Waals surface area contributed by atoms with Crippen LogP contribution in [0.15, 0.2) is 53.9 Å². The summed E-state index contributed by atoms with van der Waals surface area (Å²) in [5, 5.41) is 7.32. The Balaban J connectivity index is 1.81. The monoisotopic (exact) mass is 403 g/mol. The lowest BCUT2D eigenvalue weighted by Gasteiger charge is -2.05. The van der Waals surface area contributed by atoms with Gasteiger partial charge >= 0.3 is 0 Å². The van der Waals surface area contributed by atoms with E-state index in [2.05, 4.69) is 25.4 Å². The van der Waals surface area contributed by atoms with Gasteiger partial charge < -0.3 is 15.8 Å². The van der Waals surface area contributed by atoms with Gasteiger partial charge in [-0.25, -0.2) is 9.97 Å². The van der Waals surface area contributed by atoms with Crippen LogP contribution in [0.3, 0.4) is 0 Å². The second kappa shape index (κ2) is 8.66. The summed E-state index contributed by atoms with van der Waals surface area (Å²) in [5.41, 5.74) is 9.63. The number of carbonyl (C=O) groups excluding carboxylic acids is 1. The average Bonchev–Trinajstić information content (AvgIpc) is 3.04. The standard InChI is InChI=1S/C21H21N7O2/c1-30-12-4-9-24-21(29)17-18-20(27-16-6-3-2-5-15(16)26-18)28(19(17)22)25-13-14-7-10-23-11-8-14/h2-3,5-8,10-11,13H,4,9,12,22H2,1H3,(H,24,29)/b25-13-. The van der Waals surface area contributed by atoms with Gasteiger partial charge in [0.2, 0.25) is 0 Å². The minimum Gasteiger partial charge on any atom is -0.385 e. The minimum absolute atomic E-state index is 0.176. The van der Waals surface area contributed by atoms with Gasteiger partial charge in [-0.1, -0.05) is 12.1 Å². The fourth-order valence-electron chi connectivity index (χ4n) is 3.07. The molecular weight excluding hydrogens is 382 g/mol. The van der Waals surface area contributed by atoms with Crippen LogP contribution in [0.1, 0.15) is 22.3 Å². The summed E-state index contributed by atoms with van der Waals surface area (Å²) < 4.78 is 6.47. The molecule has 0 atom stereocenters. The molecule has 0 aliphatic carbocycles. The maximum absolute atomic E-state index is 12.9. The molecule has 9 heteroatoms. The number of fused-ring (bicyclic) bond motifs is 2. The number of hydrogen-bond donors (Lipinski definition) is 2. The van der Waals surface area contributed by atoms with E-state index in [0.717, 1.165) is 5.56 Å². The van der Waals surface area contributed by atoms with Gasteiger partial charge in [0.05, 0.1) is 17.2 Å². The predicted molar refractivity (Wildman–Crippen MR) is 116 cm³/mol. The summed E-state index contributed by atoms with van der Waals surface area (Å²) in [6, 6.07) is 11.1. The number of nitrogen functional groups attached to an aromatic ring is 1. The van der Waals surface area contributed by atoms with Crippen molar-refractivity contribution in [2.75, 3.05) is 26.0 Å². The Morgan fingerprint density at radius 1 is 1.20 bits per heavy atom. The molecule has 0 aliphatic rings. The summed E-state index contributed by atoms with van der Waals surface area (Å²) in [5.74, 6) is -0.147. The molecule has 1 aromatic carbocycles. The molecule has 0 unspecified atom stereocenters. The number of nitrogens with two attached hydrogens (primary N) is 1. The van der Waals surface area contributed by atoms with E-state index < -0.39 is 0 Å². The second-order valence-electron chi connectivity index (χ2n) is 6.58. The van der Waals surface area contributed by atoms with Crippen molar-refractivity contribution in [3.8, 4) is 0 Å². The first-order chi connectivity index (χ1) is 14.7. The number of aromatic nitrogens is 4. The molecular formula is C21H21N7O2. The lowest BCUT2D eigenvalue weighted by Crippen LogP contribution is -2.26. The van der Waals surface area contributed by atoms with Gasteiger partial charge in [0.1, 0.15) is 16.9 Å². The van der Waals surface area contributed by atoms with Gasteiger partial charge in [-0.3, -0.25) is 9.78 Å². The first-order valence-corrected chi connectivity index (χ1v) is 9.47. The summed E-state index contributed by atoms with van der Waals surface area (Å²) in [6.45, 7) is 1.01. The molecule has 0 bridgehead atoms. The highest BCUT2D eigenvalue weighted by Gasteiger charge is 2.23. The highest BCUT2D eigenvalue weighted by atomic mass is 16.5. The lowest BCUT2D eigenvalue weighted by molar-refractivity contribution is 0.0951.